The monoisotopic (exact) mass is 365 g/mol. The van der Waals surface area contributed by atoms with Crippen molar-refractivity contribution in [3.05, 3.63) is 36.0 Å². The third kappa shape index (κ3) is 2.68. The van der Waals surface area contributed by atoms with Crippen LogP contribution in [-0.2, 0) is 4.79 Å². The maximum atomic E-state index is 12.5. The van der Waals surface area contributed by atoms with Crippen molar-refractivity contribution in [2.75, 3.05) is 25.5 Å². The van der Waals surface area contributed by atoms with Crippen LogP contribution in [0.25, 0.3) is 21.3 Å². The zero-order chi connectivity index (χ0) is 17.7. The van der Waals surface area contributed by atoms with Gasteiger partial charge < -0.3 is 10.2 Å². The number of amides is 1. The van der Waals surface area contributed by atoms with Gasteiger partial charge in [-0.15, -0.1) is 21.5 Å². The Morgan fingerprint density at radius 3 is 2.85 bits per heavy atom. The first-order valence-electron chi connectivity index (χ1n) is 8.76. The Labute approximate surface area is 155 Å². The number of thiazole rings is 1. The van der Waals surface area contributed by atoms with E-state index in [0.717, 1.165) is 47.3 Å². The van der Waals surface area contributed by atoms with Crippen LogP contribution < -0.4 is 5.32 Å². The summed E-state index contributed by atoms with van der Waals surface area (Å²) < 4.78 is 0. The van der Waals surface area contributed by atoms with Crippen molar-refractivity contribution in [2.45, 2.75) is 12.8 Å². The summed E-state index contributed by atoms with van der Waals surface area (Å²) in [5.41, 5.74) is 4.13. The van der Waals surface area contributed by atoms with E-state index in [2.05, 4.69) is 38.5 Å². The number of aromatic nitrogens is 3. The maximum absolute atomic E-state index is 12.5. The number of nitrogens with zero attached hydrogens (tertiary/aromatic N) is 4. The number of anilines is 1. The van der Waals surface area contributed by atoms with E-state index in [1.54, 1.807) is 11.3 Å². The molecule has 0 unspecified atom stereocenters. The van der Waals surface area contributed by atoms with E-state index in [-0.39, 0.29) is 11.8 Å². The van der Waals surface area contributed by atoms with E-state index in [9.17, 15) is 4.79 Å². The zero-order valence-corrected chi connectivity index (χ0v) is 15.3. The van der Waals surface area contributed by atoms with Gasteiger partial charge in [-0.25, -0.2) is 0 Å². The standard InChI is InChI=1S/C19H19N5OS/c1-24-9-19(10-24)6-14(7-19)18(25)21-17-5-13-4-12(16-8-20-11-26-16)2-3-15(13)22-23-17/h2-5,8,11,14H,6-7,9-10H2,1H3,(H,21,23,25). The van der Waals surface area contributed by atoms with Gasteiger partial charge in [-0.2, -0.15) is 0 Å². The first kappa shape index (κ1) is 15.8. The van der Waals surface area contributed by atoms with Gasteiger partial charge >= 0.3 is 0 Å². The Morgan fingerprint density at radius 2 is 2.12 bits per heavy atom. The van der Waals surface area contributed by atoms with Gasteiger partial charge in [-0.05, 0) is 49.1 Å². The van der Waals surface area contributed by atoms with Crippen molar-refractivity contribution in [3.63, 3.8) is 0 Å². The predicted octanol–water partition coefficient (Wildman–Crippen LogP) is 3.03. The summed E-state index contributed by atoms with van der Waals surface area (Å²) in [7, 11) is 2.13. The van der Waals surface area contributed by atoms with E-state index >= 15 is 0 Å². The zero-order valence-electron chi connectivity index (χ0n) is 14.5. The van der Waals surface area contributed by atoms with Crippen LogP contribution in [0.3, 0.4) is 0 Å². The minimum atomic E-state index is 0.0671. The Balaban J connectivity index is 1.32. The number of hydrogen-bond acceptors (Lipinski definition) is 6. The van der Waals surface area contributed by atoms with E-state index in [4.69, 9.17) is 0 Å². The van der Waals surface area contributed by atoms with Crippen molar-refractivity contribution in [1.82, 2.24) is 20.1 Å². The average molecular weight is 365 g/mol. The van der Waals surface area contributed by atoms with Crippen molar-refractivity contribution >= 4 is 34.0 Å². The Morgan fingerprint density at radius 1 is 1.27 bits per heavy atom. The fourth-order valence-electron chi connectivity index (χ4n) is 4.37. The highest BCUT2D eigenvalue weighted by molar-refractivity contribution is 7.13. The molecule has 6 nitrogen and oxygen atoms in total. The lowest BCUT2D eigenvalue weighted by Gasteiger charge is -2.57. The molecule has 7 heteroatoms. The summed E-state index contributed by atoms with van der Waals surface area (Å²) in [6.45, 7) is 2.24. The summed E-state index contributed by atoms with van der Waals surface area (Å²) in [6, 6.07) is 7.93. The SMILES string of the molecule is CN1CC2(CC(C(=O)Nc3cc4cc(-c5cncs5)ccc4nn3)C2)C1. The normalized spacial score (nSPS) is 19.3. The molecular formula is C19H19N5OS. The third-order valence-electron chi connectivity index (χ3n) is 5.49. The molecule has 2 fully saturated rings. The van der Waals surface area contributed by atoms with Gasteiger partial charge in [-0.1, -0.05) is 6.07 Å². The van der Waals surface area contributed by atoms with Gasteiger partial charge in [0, 0.05) is 30.6 Å². The van der Waals surface area contributed by atoms with Gasteiger partial charge in [0.1, 0.15) is 0 Å². The van der Waals surface area contributed by atoms with Gasteiger partial charge in [0.25, 0.3) is 0 Å². The molecule has 0 atom stereocenters. The molecular weight excluding hydrogens is 346 g/mol. The molecule has 0 radical (unpaired) electrons. The Kier molecular flexibility index (Phi) is 3.55. The lowest BCUT2D eigenvalue weighted by molar-refractivity contribution is -0.137. The number of fused-ring (bicyclic) bond motifs is 1. The molecule has 1 aliphatic heterocycles. The molecule has 1 amide bonds. The smallest absolute Gasteiger partial charge is 0.228 e. The van der Waals surface area contributed by atoms with Gasteiger partial charge in [-0.3, -0.25) is 9.78 Å². The lowest BCUT2D eigenvalue weighted by Crippen LogP contribution is -2.62. The predicted molar refractivity (Wildman–Crippen MR) is 102 cm³/mol. The summed E-state index contributed by atoms with van der Waals surface area (Å²) in [5, 5.41) is 12.3. The number of benzene rings is 1. The molecule has 26 heavy (non-hydrogen) atoms. The van der Waals surface area contributed by atoms with Crippen molar-refractivity contribution in [2.24, 2.45) is 11.3 Å². The second-order valence-corrected chi connectivity index (χ2v) is 8.52. The molecule has 1 aliphatic carbocycles. The second-order valence-electron chi connectivity index (χ2n) is 7.64. The number of rotatable bonds is 3. The van der Waals surface area contributed by atoms with Crippen LogP contribution >= 0.6 is 11.3 Å². The first-order valence-corrected chi connectivity index (χ1v) is 9.64. The van der Waals surface area contributed by atoms with Gasteiger partial charge in [0.15, 0.2) is 5.82 Å². The molecule has 3 heterocycles. The van der Waals surface area contributed by atoms with Gasteiger partial charge in [0.2, 0.25) is 5.91 Å². The van der Waals surface area contributed by atoms with Crippen molar-refractivity contribution < 1.29 is 4.79 Å². The summed E-state index contributed by atoms with van der Waals surface area (Å²) in [5.74, 6) is 0.692. The highest BCUT2D eigenvalue weighted by atomic mass is 32.1. The van der Waals surface area contributed by atoms with E-state index in [1.807, 2.05) is 29.9 Å². The van der Waals surface area contributed by atoms with Crippen LogP contribution in [-0.4, -0.2) is 46.1 Å². The summed E-state index contributed by atoms with van der Waals surface area (Å²) in [4.78, 5) is 20.0. The van der Waals surface area contributed by atoms with Crippen LogP contribution in [0.1, 0.15) is 12.8 Å². The van der Waals surface area contributed by atoms with Crippen LogP contribution in [0, 0.1) is 11.3 Å². The third-order valence-corrected chi connectivity index (χ3v) is 6.32. The quantitative estimate of drug-likeness (QED) is 0.772. The minimum Gasteiger partial charge on any atom is -0.309 e. The first-order chi connectivity index (χ1) is 12.6. The highest BCUT2D eigenvalue weighted by Crippen LogP contribution is 2.51. The largest absolute Gasteiger partial charge is 0.309 e. The van der Waals surface area contributed by atoms with Gasteiger partial charge in [0.05, 0.1) is 15.9 Å². The van der Waals surface area contributed by atoms with Crippen LogP contribution in [0.5, 0.6) is 0 Å². The van der Waals surface area contributed by atoms with Crippen molar-refractivity contribution in [1.29, 1.82) is 0 Å². The highest BCUT2D eigenvalue weighted by Gasteiger charge is 2.53. The molecule has 5 rings (SSSR count). The molecule has 1 aromatic carbocycles. The number of likely N-dealkylation sites (tertiary alicyclic amines) is 1. The molecule has 1 spiro atoms. The van der Waals surface area contributed by atoms with E-state index < -0.39 is 0 Å². The Bertz CT molecular complexity index is 973. The van der Waals surface area contributed by atoms with E-state index in [1.165, 1.54) is 0 Å². The molecule has 1 N–H and O–H groups in total. The Hall–Kier alpha value is -2.38. The fourth-order valence-corrected chi connectivity index (χ4v) is 4.99. The molecule has 2 aliphatic rings. The van der Waals surface area contributed by atoms with Crippen molar-refractivity contribution in [3.8, 4) is 10.4 Å². The summed E-state index contributed by atoms with van der Waals surface area (Å²) >= 11 is 1.60. The van der Waals surface area contributed by atoms with Crippen LogP contribution in [0.4, 0.5) is 5.82 Å². The topological polar surface area (TPSA) is 71.0 Å². The lowest BCUT2D eigenvalue weighted by atomic mass is 9.57. The number of nitrogens with one attached hydrogen (secondary N) is 1. The molecule has 1 saturated carbocycles. The van der Waals surface area contributed by atoms with E-state index in [0.29, 0.717) is 11.2 Å². The molecule has 0 bridgehead atoms. The second kappa shape index (κ2) is 5.82. The average Bonchev–Trinajstić information content (AvgIpc) is 3.10. The maximum Gasteiger partial charge on any atom is 0.228 e. The molecule has 3 aromatic rings. The number of carbonyl (C=O) groups excluding carboxylic acids is 1. The molecule has 2 aromatic heterocycles. The number of carbonyl (C=O) groups is 1. The number of hydrogen-bond donors (Lipinski definition) is 1. The summed E-state index contributed by atoms with van der Waals surface area (Å²) in [6.07, 6.45) is 3.83. The molecule has 132 valence electrons. The van der Waals surface area contributed by atoms with Crippen LogP contribution in [0.15, 0.2) is 36.0 Å². The fraction of sp³-hybridized carbons (Fsp3) is 0.368. The minimum absolute atomic E-state index is 0.0671. The molecule has 1 saturated heterocycles. The van der Waals surface area contributed by atoms with Crippen LogP contribution in [0.2, 0.25) is 0 Å².